The monoisotopic (exact) mass is 466 g/mol. The summed E-state index contributed by atoms with van der Waals surface area (Å²) in [5, 5.41) is 6.26. The standard InChI is InChI=1S/C18H12Cl3F3N2O3/c1-28-16(27)25-14-4-9(2-3-13(14)21)15-8-17(29-26-15,18(22,23)24)10-5-11(19)7-12(20)6-10/h2-7H,8H2,1H3,(H,25,27). The number of benzene rings is 2. The van der Waals surface area contributed by atoms with Crippen LogP contribution in [-0.2, 0) is 15.2 Å². The van der Waals surface area contributed by atoms with Crippen LogP contribution in [0.1, 0.15) is 17.5 Å². The zero-order valence-corrected chi connectivity index (χ0v) is 16.9. The molecule has 0 fully saturated rings. The molecular formula is C18H12Cl3F3N2O3. The van der Waals surface area contributed by atoms with Crippen molar-refractivity contribution in [3.8, 4) is 0 Å². The summed E-state index contributed by atoms with van der Waals surface area (Å²) < 4.78 is 46.6. The molecule has 2 aromatic carbocycles. The molecular weight excluding hydrogens is 456 g/mol. The van der Waals surface area contributed by atoms with Crippen LogP contribution in [0.15, 0.2) is 41.6 Å². The van der Waals surface area contributed by atoms with Gasteiger partial charge in [0.25, 0.3) is 5.60 Å². The van der Waals surface area contributed by atoms with Crippen molar-refractivity contribution in [2.45, 2.75) is 18.2 Å². The summed E-state index contributed by atoms with van der Waals surface area (Å²) >= 11 is 17.8. The molecule has 29 heavy (non-hydrogen) atoms. The second-order valence-corrected chi connectivity index (χ2v) is 7.38. The maximum atomic E-state index is 14.0. The normalized spacial score (nSPS) is 18.8. The molecule has 5 nitrogen and oxygen atoms in total. The van der Waals surface area contributed by atoms with Crippen LogP contribution in [0.3, 0.4) is 0 Å². The summed E-state index contributed by atoms with van der Waals surface area (Å²) in [6.07, 6.45) is -6.23. The number of amides is 1. The van der Waals surface area contributed by atoms with Crippen LogP contribution in [0, 0.1) is 0 Å². The van der Waals surface area contributed by atoms with E-state index >= 15 is 0 Å². The first kappa shape index (κ1) is 21.5. The maximum Gasteiger partial charge on any atom is 0.435 e. The van der Waals surface area contributed by atoms with E-state index < -0.39 is 24.3 Å². The van der Waals surface area contributed by atoms with Gasteiger partial charge < -0.3 is 9.57 Å². The molecule has 2 aromatic rings. The van der Waals surface area contributed by atoms with Crippen molar-refractivity contribution in [2.75, 3.05) is 12.4 Å². The molecule has 0 bridgehead atoms. The van der Waals surface area contributed by atoms with E-state index in [-0.39, 0.29) is 37.6 Å². The number of carbonyl (C=O) groups is 1. The quantitative estimate of drug-likeness (QED) is 0.568. The van der Waals surface area contributed by atoms with Gasteiger partial charge in [0.2, 0.25) is 0 Å². The van der Waals surface area contributed by atoms with Crippen LogP contribution < -0.4 is 5.32 Å². The fourth-order valence-electron chi connectivity index (χ4n) is 2.81. The Balaban J connectivity index is 1.99. The summed E-state index contributed by atoms with van der Waals surface area (Å²) in [6.45, 7) is 0. The van der Waals surface area contributed by atoms with E-state index in [1.807, 2.05) is 0 Å². The average Bonchev–Trinajstić information content (AvgIpc) is 3.09. The third kappa shape index (κ3) is 4.24. The number of ether oxygens (including phenoxy) is 1. The molecule has 1 unspecified atom stereocenters. The molecule has 1 aliphatic heterocycles. The van der Waals surface area contributed by atoms with Gasteiger partial charge in [-0.1, -0.05) is 46.0 Å². The predicted molar refractivity (Wildman–Crippen MR) is 104 cm³/mol. The van der Waals surface area contributed by atoms with E-state index in [4.69, 9.17) is 39.6 Å². The summed E-state index contributed by atoms with van der Waals surface area (Å²) in [7, 11) is 1.16. The molecule has 1 amide bonds. The van der Waals surface area contributed by atoms with Gasteiger partial charge in [-0.3, -0.25) is 5.32 Å². The van der Waals surface area contributed by atoms with Crippen molar-refractivity contribution < 1.29 is 27.5 Å². The molecule has 0 aliphatic carbocycles. The van der Waals surface area contributed by atoms with Gasteiger partial charge >= 0.3 is 12.3 Å². The molecule has 11 heteroatoms. The zero-order valence-electron chi connectivity index (χ0n) is 14.6. The minimum atomic E-state index is -4.81. The Morgan fingerprint density at radius 3 is 2.41 bits per heavy atom. The van der Waals surface area contributed by atoms with Crippen molar-refractivity contribution in [2.24, 2.45) is 5.16 Å². The van der Waals surface area contributed by atoms with Crippen LogP contribution >= 0.6 is 34.8 Å². The Hall–Kier alpha value is -2.16. The summed E-state index contributed by atoms with van der Waals surface area (Å²) in [6, 6.07) is 7.83. The van der Waals surface area contributed by atoms with Gasteiger partial charge in [0.15, 0.2) is 0 Å². The molecule has 1 atom stereocenters. The number of halogens is 6. The molecule has 1 aliphatic rings. The number of nitrogens with zero attached hydrogens (tertiary/aromatic N) is 1. The average molecular weight is 468 g/mol. The van der Waals surface area contributed by atoms with E-state index in [9.17, 15) is 18.0 Å². The molecule has 0 aromatic heterocycles. The first-order valence-electron chi connectivity index (χ1n) is 7.99. The highest BCUT2D eigenvalue weighted by atomic mass is 35.5. The summed E-state index contributed by atoms with van der Waals surface area (Å²) in [5.41, 5.74) is -2.60. The first-order chi connectivity index (χ1) is 13.6. The van der Waals surface area contributed by atoms with Crippen LogP contribution in [0.25, 0.3) is 0 Å². The third-order valence-electron chi connectivity index (χ3n) is 4.24. The van der Waals surface area contributed by atoms with E-state index in [2.05, 4.69) is 15.2 Å². The van der Waals surface area contributed by atoms with Crippen molar-refractivity contribution in [1.29, 1.82) is 0 Å². The van der Waals surface area contributed by atoms with Crippen molar-refractivity contribution in [1.82, 2.24) is 0 Å². The van der Waals surface area contributed by atoms with Gasteiger partial charge in [-0.25, -0.2) is 4.79 Å². The van der Waals surface area contributed by atoms with Gasteiger partial charge in [-0.15, -0.1) is 0 Å². The molecule has 1 heterocycles. The largest absolute Gasteiger partial charge is 0.453 e. The number of oxime groups is 1. The number of rotatable bonds is 3. The van der Waals surface area contributed by atoms with Crippen molar-refractivity contribution in [3.05, 3.63) is 62.6 Å². The lowest BCUT2D eigenvalue weighted by atomic mass is 9.86. The Kier molecular flexibility index (Phi) is 5.89. The second kappa shape index (κ2) is 7.93. The van der Waals surface area contributed by atoms with E-state index in [1.165, 1.54) is 24.3 Å². The summed E-state index contributed by atoms with van der Waals surface area (Å²) in [4.78, 5) is 16.4. The molecule has 0 saturated heterocycles. The number of hydrogen-bond donors (Lipinski definition) is 1. The SMILES string of the molecule is COC(=O)Nc1cc(C2=NOC(c3cc(Cl)cc(Cl)c3)(C(F)(F)F)C2)ccc1Cl. The zero-order chi connectivity index (χ0) is 21.4. The highest BCUT2D eigenvalue weighted by Crippen LogP contribution is 2.49. The van der Waals surface area contributed by atoms with Crippen LogP contribution in [0.4, 0.5) is 23.7 Å². The van der Waals surface area contributed by atoms with Gasteiger partial charge in [-0.2, -0.15) is 13.2 Å². The molecule has 0 spiro atoms. The van der Waals surface area contributed by atoms with E-state index in [0.717, 1.165) is 19.2 Å². The number of anilines is 1. The number of nitrogens with one attached hydrogen (secondary N) is 1. The second-order valence-electron chi connectivity index (χ2n) is 6.10. The Morgan fingerprint density at radius 1 is 1.17 bits per heavy atom. The molecule has 0 radical (unpaired) electrons. The highest BCUT2D eigenvalue weighted by Gasteiger charge is 2.62. The van der Waals surface area contributed by atoms with E-state index in [0.29, 0.717) is 0 Å². The lowest BCUT2D eigenvalue weighted by molar-refractivity contribution is -0.275. The molecule has 0 saturated carbocycles. The number of methoxy groups -OCH3 is 1. The van der Waals surface area contributed by atoms with Gasteiger partial charge in [0.1, 0.15) is 0 Å². The molecule has 3 rings (SSSR count). The Bertz CT molecular complexity index is 978. The Labute approximate surface area is 178 Å². The van der Waals surface area contributed by atoms with Gasteiger partial charge in [-0.05, 0) is 30.3 Å². The fourth-order valence-corrected chi connectivity index (χ4v) is 3.50. The smallest absolute Gasteiger partial charge is 0.435 e. The van der Waals surface area contributed by atoms with Crippen molar-refractivity contribution in [3.63, 3.8) is 0 Å². The minimum absolute atomic E-state index is 0.00278. The highest BCUT2D eigenvalue weighted by molar-refractivity contribution is 6.35. The first-order valence-corrected chi connectivity index (χ1v) is 9.12. The van der Waals surface area contributed by atoms with Crippen LogP contribution in [-0.4, -0.2) is 25.1 Å². The lowest BCUT2D eigenvalue weighted by Gasteiger charge is -2.29. The minimum Gasteiger partial charge on any atom is -0.453 e. The van der Waals surface area contributed by atoms with Crippen LogP contribution in [0.5, 0.6) is 0 Å². The van der Waals surface area contributed by atoms with Gasteiger partial charge in [0, 0.05) is 27.6 Å². The summed E-state index contributed by atoms with van der Waals surface area (Å²) in [5.74, 6) is 0. The van der Waals surface area contributed by atoms with Crippen LogP contribution in [0.2, 0.25) is 15.1 Å². The number of hydrogen-bond acceptors (Lipinski definition) is 4. The van der Waals surface area contributed by atoms with E-state index in [1.54, 1.807) is 0 Å². The Morgan fingerprint density at radius 2 is 1.83 bits per heavy atom. The third-order valence-corrected chi connectivity index (χ3v) is 5.00. The topological polar surface area (TPSA) is 59.9 Å². The molecule has 1 N–H and O–H groups in total. The predicted octanol–water partition coefficient (Wildman–Crippen LogP) is 6.41. The maximum absolute atomic E-state index is 14.0. The fraction of sp³-hybridized carbons (Fsp3) is 0.222. The molecule has 154 valence electrons. The van der Waals surface area contributed by atoms with Gasteiger partial charge in [0.05, 0.1) is 23.5 Å². The lowest BCUT2D eigenvalue weighted by Crippen LogP contribution is -2.42. The number of carbonyl (C=O) groups excluding carboxylic acids is 1. The van der Waals surface area contributed by atoms with Crippen molar-refractivity contribution >= 4 is 52.3 Å². The number of alkyl halides is 3.